The molecule has 0 rings (SSSR count). The summed E-state index contributed by atoms with van der Waals surface area (Å²) in [7, 11) is -3.83. The zero-order valence-corrected chi connectivity index (χ0v) is 7.26. The van der Waals surface area contributed by atoms with Crippen molar-refractivity contribution in [3.63, 3.8) is 0 Å². The van der Waals surface area contributed by atoms with Crippen LogP contribution in [0.3, 0.4) is 0 Å². The van der Waals surface area contributed by atoms with Gasteiger partial charge in [0.25, 0.3) is 10.1 Å². The topological polar surface area (TPSA) is 54.4 Å². The van der Waals surface area contributed by atoms with Crippen molar-refractivity contribution in [2.75, 3.05) is 5.75 Å². The molecule has 0 amide bonds. The molecule has 0 saturated carbocycles. The van der Waals surface area contributed by atoms with Gasteiger partial charge in [0.1, 0.15) is 0 Å². The van der Waals surface area contributed by atoms with E-state index in [0.717, 1.165) is 5.57 Å². The van der Waals surface area contributed by atoms with Gasteiger partial charge in [0.05, 0.1) is 5.75 Å². The van der Waals surface area contributed by atoms with Crippen LogP contribution in [-0.2, 0) is 10.1 Å². The Morgan fingerprint density at radius 1 is 1.64 bits per heavy atom. The zero-order chi connectivity index (χ0) is 8.91. The summed E-state index contributed by atoms with van der Waals surface area (Å²) >= 11 is 0. The summed E-state index contributed by atoms with van der Waals surface area (Å²) in [4.78, 5) is 0. The van der Waals surface area contributed by atoms with Gasteiger partial charge in [0.15, 0.2) is 0 Å². The fourth-order valence-corrected chi connectivity index (χ4v) is 1.10. The lowest BCUT2D eigenvalue weighted by Crippen LogP contribution is -2.03. The third-order valence-corrected chi connectivity index (χ3v) is 2.00. The molecule has 64 valence electrons. The second-order valence-corrected chi connectivity index (χ2v) is 3.68. The summed E-state index contributed by atoms with van der Waals surface area (Å²) in [6, 6.07) is 0. The van der Waals surface area contributed by atoms with E-state index in [0.29, 0.717) is 6.42 Å². The Kier molecular flexibility index (Phi) is 4.07. The van der Waals surface area contributed by atoms with Crippen molar-refractivity contribution >= 4 is 10.1 Å². The van der Waals surface area contributed by atoms with Gasteiger partial charge in [0, 0.05) is 0 Å². The highest BCUT2D eigenvalue weighted by Gasteiger charge is 2.03. The number of hydrogen-bond acceptors (Lipinski definition) is 2. The van der Waals surface area contributed by atoms with Gasteiger partial charge in [-0.3, -0.25) is 4.55 Å². The number of hydrogen-bond donors (Lipinski definition) is 1. The van der Waals surface area contributed by atoms with Gasteiger partial charge in [-0.25, -0.2) is 0 Å². The van der Waals surface area contributed by atoms with Crippen molar-refractivity contribution in [3.8, 4) is 0 Å². The Morgan fingerprint density at radius 2 is 2.18 bits per heavy atom. The van der Waals surface area contributed by atoms with Crippen LogP contribution in [0.15, 0.2) is 24.3 Å². The molecule has 0 aromatic carbocycles. The smallest absolute Gasteiger partial charge is 0.265 e. The molecule has 0 aromatic rings. The van der Waals surface area contributed by atoms with Crippen molar-refractivity contribution < 1.29 is 13.0 Å². The molecule has 0 heterocycles. The first-order valence-corrected chi connectivity index (χ1v) is 4.83. The van der Waals surface area contributed by atoms with Gasteiger partial charge >= 0.3 is 0 Å². The van der Waals surface area contributed by atoms with E-state index < -0.39 is 10.1 Å². The zero-order valence-electron chi connectivity index (χ0n) is 6.45. The van der Waals surface area contributed by atoms with E-state index >= 15 is 0 Å². The molecule has 0 aliphatic rings. The quantitative estimate of drug-likeness (QED) is 0.520. The lowest BCUT2D eigenvalue weighted by Gasteiger charge is -1.97. The molecule has 3 nitrogen and oxygen atoms in total. The second-order valence-electron chi connectivity index (χ2n) is 2.10. The van der Waals surface area contributed by atoms with Crippen LogP contribution >= 0.6 is 0 Å². The predicted octanol–water partition coefficient (Wildman–Crippen LogP) is 1.40. The molecule has 0 aliphatic carbocycles. The average molecular weight is 176 g/mol. The van der Waals surface area contributed by atoms with Crippen LogP contribution in [0, 0.1) is 0 Å². The van der Waals surface area contributed by atoms with Gasteiger partial charge in [-0.15, -0.1) is 0 Å². The highest BCUT2D eigenvalue weighted by atomic mass is 32.2. The highest BCUT2D eigenvalue weighted by molar-refractivity contribution is 7.85. The Bertz CT molecular complexity index is 249. The Hall–Kier alpha value is -0.610. The molecule has 0 spiro atoms. The first-order valence-electron chi connectivity index (χ1n) is 3.22. The highest BCUT2D eigenvalue weighted by Crippen LogP contribution is 2.03. The van der Waals surface area contributed by atoms with E-state index in [1.165, 1.54) is 0 Å². The monoisotopic (exact) mass is 176 g/mol. The Labute approximate surface area is 67.2 Å². The second kappa shape index (κ2) is 4.31. The molecule has 0 radical (unpaired) electrons. The first-order chi connectivity index (χ1) is 4.99. The normalized spacial score (nSPS) is 13.1. The molecule has 0 unspecified atom stereocenters. The minimum Gasteiger partial charge on any atom is -0.286 e. The molecular formula is C7H12O3S. The molecule has 0 bridgehead atoms. The van der Waals surface area contributed by atoms with Crippen molar-refractivity contribution in [1.29, 1.82) is 0 Å². The van der Waals surface area contributed by atoms with Crippen LogP contribution in [0.1, 0.15) is 13.3 Å². The third-order valence-electron chi connectivity index (χ3n) is 1.28. The maximum absolute atomic E-state index is 10.3. The Balaban J connectivity index is 3.99. The molecule has 0 aromatic heterocycles. The van der Waals surface area contributed by atoms with E-state index in [1.54, 1.807) is 19.1 Å². The van der Waals surface area contributed by atoms with Crippen LogP contribution in [0.4, 0.5) is 0 Å². The van der Waals surface area contributed by atoms with Crippen molar-refractivity contribution in [3.05, 3.63) is 24.3 Å². The number of rotatable bonds is 4. The summed E-state index contributed by atoms with van der Waals surface area (Å²) in [5.74, 6) is -0.237. The maximum atomic E-state index is 10.3. The first kappa shape index (κ1) is 10.4. The minimum absolute atomic E-state index is 0.237. The third kappa shape index (κ3) is 5.82. The molecule has 1 N–H and O–H groups in total. The standard InChI is InChI=1S/C7H12O3S/c1-3-7(4-2)5-6-11(8,9)10/h3-4H,1,5-6H2,2H3,(H,8,9,10). The van der Waals surface area contributed by atoms with Gasteiger partial charge in [0.2, 0.25) is 0 Å². The fourth-order valence-electron chi connectivity index (χ4n) is 0.611. The summed E-state index contributed by atoms with van der Waals surface area (Å²) in [5, 5.41) is 0. The molecule has 0 fully saturated rings. The van der Waals surface area contributed by atoms with E-state index in [-0.39, 0.29) is 5.75 Å². The summed E-state index contributed by atoms with van der Waals surface area (Å²) in [5.41, 5.74) is 0.822. The average Bonchev–Trinajstić information content (AvgIpc) is 1.88. The summed E-state index contributed by atoms with van der Waals surface area (Å²) < 4.78 is 28.9. The SMILES string of the molecule is C=CC(=CC)CCS(=O)(=O)O. The summed E-state index contributed by atoms with van der Waals surface area (Å²) in [6.45, 7) is 5.28. The molecule has 0 atom stereocenters. The minimum atomic E-state index is -3.83. The van der Waals surface area contributed by atoms with E-state index in [1.807, 2.05) is 0 Å². The lowest BCUT2D eigenvalue weighted by atomic mass is 10.2. The molecule has 11 heavy (non-hydrogen) atoms. The van der Waals surface area contributed by atoms with Gasteiger partial charge < -0.3 is 0 Å². The van der Waals surface area contributed by atoms with Gasteiger partial charge in [-0.1, -0.05) is 24.3 Å². The van der Waals surface area contributed by atoms with E-state index in [4.69, 9.17) is 4.55 Å². The van der Waals surface area contributed by atoms with Crippen LogP contribution in [0.5, 0.6) is 0 Å². The van der Waals surface area contributed by atoms with Crippen LogP contribution in [0.2, 0.25) is 0 Å². The van der Waals surface area contributed by atoms with Gasteiger partial charge in [-0.2, -0.15) is 8.42 Å². The van der Waals surface area contributed by atoms with Crippen molar-refractivity contribution in [2.24, 2.45) is 0 Å². The molecular weight excluding hydrogens is 164 g/mol. The van der Waals surface area contributed by atoms with Crippen molar-refractivity contribution in [1.82, 2.24) is 0 Å². The van der Waals surface area contributed by atoms with Gasteiger partial charge in [-0.05, 0) is 13.3 Å². The van der Waals surface area contributed by atoms with Crippen LogP contribution in [-0.4, -0.2) is 18.7 Å². The molecule has 0 aliphatic heterocycles. The Morgan fingerprint density at radius 3 is 2.45 bits per heavy atom. The van der Waals surface area contributed by atoms with Crippen LogP contribution in [0.25, 0.3) is 0 Å². The predicted molar refractivity (Wildman–Crippen MR) is 45.0 cm³/mol. The molecule has 0 saturated heterocycles. The van der Waals surface area contributed by atoms with E-state index in [2.05, 4.69) is 6.58 Å². The molecule has 4 heteroatoms. The number of allylic oxidation sites excluding steroid dienone is 3. The summed E-state index contributed by atoms with van der Waals surface area (Å²) in [6.07, 6.45) is 3.65. The fraction of sp³-hybridized carbons (Fsp3) is 0.429. The lowest BCUT2D eigenvalue weighted by molar-refractivity contribution is 0.483. The van der Waals surface area contributed by atoms with E-state index in [9.17, 15) is 8.42 Å². The maximum Gasteiger partial charge on any atom is 0.265 e. The van der Waals surface area contributed by atoms with Crippen molar-refractivity contribution in [2.45, 2.75) is 13.3 Å². The largest absolute Gasteiger partial charge is 0.286 e. The van der Waals surface area contributed by atoms with Crippen LogP contribution < -0.4 is 0 Å².